The van der Waals surface area contributed by atoms with E-state index in [2.05, 4.69) is 21.9 Å². The third-order valence-electron chi connectivity index (χ3n) is 8.90. The van der Waals surface area contributed by atoms with Crippen molar-refractivity contribution in [2.75, 3.05) is 37.7 Å². The lowest BCUT2D eigenvalue weighted by Crippen LogP contribution is -2.32. The third-order valence-corrected chi connectivity index (χ3v) is 9.23. The third kappa shape index (κ3) is 5.33. The van der Waals surface area contributed by atoms with Crippen molar-refractivity contribution in [3.05, 3.63) is 40.2 Å². The monoisotopic (exact) mass is 565 g/mol. The zero-order valence-corrected chi connectivity index (χ0v) is 24.8. The summed E-state index contributed by atoms with van der Waals surface area (Å²) in [4.78, 5) is 15.4. The maximum atomic E-state index is 10.2. The lowest BCUT2D eigenvalue weighted by molar-refractivity contribution is 0.0994. The van der Waals surface area contributed by atoms with E-state index in [0.29, 0.717) is 34.0 Å². The van der Waals surface area contributed by atoms with Crippen LogP contribution in [0, 0.1) is 26.2 Å². The van der Waals surface area contributed by atoms with Crippen LogP contribution in [0.25, 0.3) is 22.6 Å². The summed E-state index contributed by atoms with van der Waals surface area (Å²) in [7, 11) is 0. The highest BCUT2D eigenvalue weighted by Crippen LogP contribution is 2.46. The molecule has 2 atom stereocenters. The summed E-state index contributed by atoms with van der Waals surface area (Å²) < 4.78 is 11.5. The minimum Gasteiger partial charge on any atom is -0.491 e. The molecule has 2 aliphatic heterocycles. The van der Waals surface area contributed by atoms with Gasteiger partial charge in [-0.25, -0.2) is 9.97 Å². The summed E-state index contributed by atoms with van der Waals surface area (Å²) in [5.74, 6) is 2.86. The van der Waals surface area contributed by atoms with Crippen LogP contribution < -0.4 is 9.64 Å². The molecule has 40 heavy (non-hydrogen) atoms. The van der Waals surface area contributed by atoms with Crippen LogP contribution in [0.2, 0.25) is 5.02 Å². The topological polar surface area (TPSA) is 87.7 Å². The molecule has 4 heterocycles. The molecule has 6 rings (SSSR count). The average molecular weight is 566 g/mol. The number of aliphatic hydroxyl groups excluding tert-OH is 1. The summed E-state index contributed by atoms with van der Waals surface area (Å²) in [6.45, 7) is 12.6. The second-order valence-electron chi connectivity index (χ2n) is 12.1. The van der Waals surface area contributed by atoms with Gasteiger partial charge in [-0.15, -0.1) is 0 Å². The van der Waals surface area contributed by atoms with Gasteiger partial charge in [0.25, 0.3) is 0 Å². The van der Waals surface area contributed by atoms with Crippen LogP contribution in [-0.4, -0.2) is 70.1 Å². The number of ether oxygens (including phenoxy) is 1. The minimum absolute atomic E-state index is 0.229. The molecule has 214 valence electrons. The van der Waals surface area contributed by atoms with Crippen molar-refractivity contribution in [1.82, 2.24) is 20.0 Å². The second kappa shape index (κ2) is 11.0. The van der Waals surface area contributed by atoms with E-state index < -0.39 is 6.10 Å². The van der Waals surface area contributed by atoms with Gasteiger partial charge in [-0.05, 0) is 77.6 Å². The molecule has 2 aromatic heterocycles. The van der Waals surface area contributed by atoms with Crippen molar-refractivity contribution in [1.29, 1.82) is 0 Å². The first-order chi connectivity index (χ1) is 19.3. The Hall–Kier alpha value is -2.68. The first kappa shape index (κ1) is 27.5. The van der Waals surface area contributed by atoms with Gasteiger partial charge in [0.1, 0.15) is 23.9 Å². The summed E-state index contributed by atoms with van der Waals surface area (Å²) in [5.41, 5.74) is 4.59. The molecule has 1 N–H and O–H groups in total. The first-order valence-electron chi connectivity index (χ1n) is 14.7. The summed E-state index contributed by atoms with van der Waals surface area (Å²) >= 11 is 6.75. The largest absolute Gasteiger partial charge is 0.491 e. The van der Waals surface area contributed by atoms with Crippen molar-refractivity contribution in [3.63, 3.8) is 0 Å². The molecule has 0 bridgehead atoms. The Labute approximate surface area is 241 Å². The minimum atomic E-state index is -0.508. The fourth-order valence-electron chi connectivity index (χ4n) is 6.54. The van der Waals surface area contributed by atoms with E-state index in [1.165, 1.54) is 38.8 Å². The molecule has 2 saturated heterocycles. The molecule has 3 aliphatic rings. The van der Waals surface area contributed by atoms with E-state index in [-0.39, 0.29) is 6.61 Å². The smallest absolute Gasteiger partial charge is 0.163 e. The normalized spacial score (nSPS) is 22.0. The lowest BCUT2D eigenvalue weighted by atomic mass is 9.86. The summed E-state index contributed by atoms with van der Waals surface area (Å²) in [5, 5.41) is 14.9. The van der Waals surface area contributed by atoms with E-state index in [0.717, 1.165) is 59.6 Å². The molecule has 0 amide bonds. The van der Waals surface area contributed by atoms with Crippen LogP contribution in [0.3, 0.4) is 0 Å². The van der Waals surface area contributed by atoms with E-state index in [4.69, 9.17) is 30.8 Å². The van der Waals surface area contributed by atoms with Gasteiger partial charge < -0.3 is 19.3 Å². The van der Waals surface area contributed by atoms with Crippen LogP contribution in [-0.2, 0) is 0 Å². The highest BCUT2D eigenvalue weighted by atomic mass is 35.5. The maximum Gasteiger partial charge on any atom is 0.163 e. The van der Waals surface area contributed by atoms with Crippen molar-refractivity contribution >= 4 is 17.4 Å². The zero-order chi connectivity index (χ0) is 28.0. The Bertz CT molecular complexity index is 1370. The summed E-state index contributed by atoms with van der Waals surface area (Å²) in [6.07, 6.45) is 6.24. The molecule has 3 fully saturated rings. The fraction of sp³-hybridized carbons (Fsp3) is 0.581. The van der Waals surface area contributed by atoms with E-state index >= 15 is 0 Å². The van der Waals surface area contributed by atoms with Gasteiger partial charge >= 0.3 is 0 Å². The molecule has 1 aliphatic carbocycles. The van der Waals surface area contributed by atoms with Crippen molar-refractivity contribution < 1.29 is 14.4 Å². The number of nitrogens with zero attached hydrogens (tertiary/aromatic N) is 5. The Morgan fingerprint density at radius 2 is 1.95 bits per heavy atom. The number of aliphatic hydroxyl groups is 1. The number of benzene rings is 1. The van der Waals surface area contributed by atoms with Gasteiger partial charge in [0.2, 0.25) is 0 Å². The Balaban J connectivity index is 1.37. The number of aromatic nitrogens is 3. The first-order valence-corrected chi connectivity index (χ1v) is 15.1. The van der Waals surface area contributed by atoms with Gasteiger partial charge in [-0.1, -0.05) is 30.1 Å². The number of hydrogen-bond acceptors (Lipinski definition) is 8. The predicted molar refractivity (Wildman–Crippen MR) is 157 cm³/mol. The number of halogens is 1. The van der Waals surface area contributed by atoms with Crippen molar-refractivity contribution in [2.24, 2.45) is 5.41 Å². The number of rotatable bonds is 9. The molecule has 1 aromatic carbocycles. The molecule has 9 heteroatoms. The Morgan fingerprint density at radius 1 is 1.15 bits per heavy atom. The molecule has 1 saturated carbocycles. The Kier molecular flexibility index (Phi) is 7.53. The van der Waals surface area contributed by atoms with E-state index in [1.807, 2.05) is 39.0 Å². The van der Waals surface area contributed by atoms with Crippen LogP contribution >= 0.6 is 11.6 Å². The molecule has 0 radical (unpaired) electrons. The lowest BCUT2D eigenvalue weighted by Gasteiger charge is -2.26. The molecule has 1 unspecified atom stereocenters. The maximum absolute atomic E-state index is 10.2. The van der Waals surface area contributed by atoms with Crippen molar-refractivity contribution in [3.8, 4) is 28.4 Å². The quantitative estimate of drug-likeness (QED) is 0.339. The standard InChI is InChI=1S/C31H40ClN5O3/c1-5-6-23(38)16-39-24-9-10-26(32)25(15-24)29-33-28(27-20(3)35-40-21(27)4)19(2)30(34-29)37-14-12-31(18-37)11-13-36(17-31)22-7-8-22/h9-10,15,22-23,38H,5-8,11-14,16-18H2,1-4H3/t23-,31?/m1/s1. The molecule has 8 nitrogen and oxygen atoms in total. The SMILES string of the molecule is CCC[C@@H](O)COc1ccc(Cl)c(-c2nc(-c3c(C)noc3C)c(C)c(N3CCC4(CCN(C5CC5)C4)C3)n2)c1. The van der Waals surface area contributed by atoms with Crippen LogP contribution in [0.5, 0.6) is 5.75 Å². The second-order valence-corrected chi connectivity index (χ2v) is 12.5. The van der Waals surface area contributed by atoms with Gasteiger partial charge in [0.15, 0.2) is 5.82 Å². The fourth-order valence-corrected chi connectivity index (χ4v) is 6.74. The van der Waals surface area contributed by atoms with Gasteiger partial charge in [0.05, 0.1) is 28.1 Å². The number of aryl methyl sites for hydroxylation is 2. The average Bonchev–Trinajstić information content (AvgIpc) is 3.45. The molecule has 1 spiro atoms. The highest BCUT2D eigenvalue weighted by Gasteiger charge is 2.47. The Morgan fingerprint density at radius 3 is 2.67 bits per heavy atom. The number of likely N-dealkylation sites (tertiary alicyclic amines) is 1. The number of anilines is 1. The van der Waals surface area contributed by atoms with Gasteiger partial charge in [0, 0.05) is 42.2 Å². The van der Waals surface area contributed by atoms with Crippen LogP contribution in [0.15, 0.2) is 22.7 Å². The summed E-state index contributed by atoms with van der Waals surface area (Å²) in [6, 6.07) is 6.33. The van der Waals surface area contributed by atoms with Gasteiger partial charge in [-0.2, -0.15) is 0 Å². The predicted octanol–water partition coefficient (Wildman–Crippen LogP) is 5.98. The van der Waals surface area contributed by atoms with Crippen molar-refractivity contribution in [2.45, 2.75) is 78.4 Å². The zero-order valence-electron chi connectivity index (χ0n) is 24.0. The highest BCUT2D eigenvalue weighted by molar-refractivity contribution is 6.33. The van der Waals surface area contributed by atoms with E-state index in [1.54, 1.807) is 0 Å². The number of hydrogen-bond donors (Lipinski definition) is 1. The molecule has 3 aromatic rings. The van der Waals surface area contributed by atoms with Crippen LogP contribution in [0.4, 0.5) is 5.82 Å². The van der Waals surface area contributed by atoms with Crippen LogP contribution in [0.1, 0.15) is 62.5 Å². The molecular formula is C31H40ClN5O3. The van der Waals surface area contributed by atoms with E-state index in [9.17, 15) is 5.11 Å². The molecular weight excluding hydrogens is 526 g/mol. The van der Waals surface area contributed by atoms with Gasteiger partial charge in [-0.3, -0.25) is 4.90 Å².